The minimum Gasteiger partial charge on any atom is -0.462 e. The molecule has 1 aliphatic carbocycles. The molecule has 1 fully saturated rings. The van der Waals surface area contributed by atoms with Crippen molar-refractivity contribution >= 4 is 43.9 Å². The maximum Gasteiger partial charge on any atom is 0.410 e. The number of H-pyrrole nitrogens is 2. The highest BCUT2D eigenvalue weighted by Gasteiger charge is 2.43. The van der Waals surface area contributed by atoms with E-state index < -0.39 is 38.8 Å². The Morgan fingerprint density at radius 3 is 2.40 bits per heavy atom. The molecule has 0 saturated heterocycles. The standard InChI is InChI=1S/C28H38N4O7S/c1-8-13-38-25(34)20-15-29-23-22(20)19-14-18(11-12-21(19)30-24(23)33)40(36,37)32(17-9-10-17)16-28(5,6)31(7)26(35)39-27(2,3)4/h11-12,14-15,17,29H,8-10,13,16H2,1-7H3,(H,30,33). The van der Waals surface area contributed by atoms with Gasteiger partial charge < -0.3 is 24.3 Å². The van der Waals surface area contributed by atoms with E-state index in [-0.39, 0.29) is 35.2 Å². The van der Waals surface area contributed by atoms with E-state index in [2.05, 4.69) is 9.97 Å². The predicted molar refractivity (Wildman–Crippen MR) is 152 cm³/mol. The van der Waals surface area contributed by atoms with Crippen LogP contribution in [0.25, 0.3) is 21.8 Å². The van der Waals surface area contributed by atoms with Crippen LogP contribution in [-0.2, 0) is 19.5 Å². The van der Waals surface area contributed by atoms with Gasteiger partial charge in [-0.25, -0.2) is 18.0 Å². The zero-order valence-corrected chi connectivity index (χ0v) is 24.9. The molecular weight excluding hydrogens is 536 g/mol. The van der Waals surface area contributed by atoms with Crippen LogP contribution in [-0.4, -0.2) is 77.0 Å². The van der Waals surface area contributed by atoms with Crippen LogP contribution in [0.1, 0.15) is 71.2 Å². The van der Waals surface area contributed by atoms with Crippen molar-refractivity contribution in [3.05, 3.63) is 40.3 Å². The molecule has 0 bridgehead atoms. The third kappa shape index (κ3) is 5.87. The van der Waals surface area contributed by atoms with Gasteiger partial charge in [-0.05, 0) is 72.1 Å². The Morgan fingerprint density at radius 1 is 1.12 bits per heavy atom. The molecule has 11 nitrogen and oxygen atoms in total. The number of aromatic nitrogens is 2. The molecule has 0 unspecified atom stereocenters. The quantitative estimate of drug-likeness (QED) is 0.361. The first kappa shape index (κ1) is 29.6. The lowest BCUT2D eigenvalue weighted by molar-refractivity contribution is 0.00806. The lowest BCUT2D eigenvalue weighted by Crippen LogP contribution is -2.54. The van der Waals surface area contributed by atoms with Crippen molar-refractivity contribution in [2.24, 2.45) is 0 Å². The summed E-state index contributed by atoms with van der Waals surface area (Å²) in [5.74, 6) is -0.597. The first-order valence-corrected chi connectivity index (χ1v) is 14.8. The number of nitrogens with one attached hydrogen (secondary N) is 2. The molecule has 2 aromatic heterocycles. The molecule has 0 spiro atoms. The summed E-state index contributed by atoms with van der Waals surface area (Å²) >= 11 is 0. The van der Waals surface area contributed by atoms with E-state index in [0.29, 0.717) is 35.6 Å². The number of hydrogen-bond acceptors (Lipinski definition) is 7. The minimum absolute atomic E-state index is 0.0186. The van der Waals surface area contributed by atoms with E-state index in [0.717, 1.165) is 0 Å². The average molecular weight is 575 g/mol. The summed E-state index contributed by atoms with van der Waals surface area (Å²) < 4.78 is 40.4. The lowest BCUT2D eigenvalue weighted by atomic mass is 10.0. The fraction of sp³-hybridized carbons (Fsp3) is 0.536. The van der Waals surface area contributed by atoms with E-state index in [9.17, 15) is 22.8 Å². The number of pyridine rings is 1. The number of nitrogens with zero attached hydrogens (tertiary/aromatic N) is 2. The Labute approximate surface area is 233 Å². The number of ether oxygens (including phenoxy) is 2. The van der Waals surface area contributed by atoms with Gasteiger partial charge in [0, 0.05) is 42.1 Å². The second-order valence-electron chi connectivity index (χ2n) is 11.9. The Bertz CT molecular complexity index is 1610. The first-order chi connectivity index (χ1) is 18.6. The van der Waals surface area contributed by atoms with Gasteiger partial charge in [0.2, 0.25) is 10.0 Å². The van der Waals surface area contributed by atoms with Crippen LogP contribution < -0.4 is 5.56 Å². The summed E-state index contributed by atoms with van der Waals surface area (Å²) in [6.07, 6.45) is 2.92. The van der Waals surface area contributed by atoms with Crippen molar-refractivity contribution in [3.63, 3.8) is 0 Å². The average Bonchev–Trinajstić information content (AvgIpc) is 3.60. The van der Waals surface area contributed by atoms with Gasteiger partial charge >= 0.3 is 12.1 Å². The van der Waals surface area contributed by atoms with E-state index in [4.69, 9.17) is 9.47 Å². The van der Waals surface area contributed by atoms with Gasteiger partial charge in [-0.2, -0.15) is 4.31 Å². The highest BCUT2D eigenvalue weighted by molar-refractivity contribution is 7.89. The highest BCUT2D eigenvalue weighted by Crippen LogP contribution is 2.36. The normalized spacial score (nSPS) is 14.6. The van der Waals surface area contributed by atoms with Gasteiger partial charge in [0.15, 0.2) is 0 Å². The fourth-order valence-corrected chi connectivity index (χ4v) is 6.34. The smallest absolute Gasteiger partial charge is 0.410 e. The van der Waals surface area contributed by atoms with Crippen molar-refractivity contribution in [2.75, 3.05) is 20.2 Å². The van der Waals surface area contributed by atoms with Crippen LogP contribution in [0.3, 0.4) is 0 Å². The molecule has 1 aliphatic rings. The highest BCUT2D eigenvalue weighted by atomic mass is 32.2. The number of amides is 1. The van der Waals surface area contributed by atoms with Gasteiger partial charge in [0.05, 0.1) is 22.6 Å². The number of esters is 1. The Hall–Kier alpha value is -3.38. The molecule has 12 heteroatoms. The number of carbonyl (C=O) groups excluding carboxylic acids is 2. The molecule has 1 amide bonds. The van der Waals surface area contributed by atoms with Gasteiger partial charge in [-0.1, -0.05) is 6.92 Å². The summed E-state index contributed by atoms with van der Waals surface area (Å²) in [5.41, 5.74) is -1.30. The monoisotopic (exact) mass is 574 g/mol. The second-order valence-corrected chi connectivity index (χ2v) is 13.8. The minimum atomic E-state index is -4.03. The van der Waals surface area contributed by atoms with Crippen molar-refractivity contribution in [2.45, 2.75) is 82.9 Å². The zero-order valence-electron chi connectivity index (χ0n) is 24.1. The molecule has 2 heterocycles. The summed E-state index contributed by atoms with van der Waals surface area (Å²) in [6.45, 7) is 11.1. The third-order valence-corrected chi connectivity index (χ3v) is 8.85. The number of fused-ring (bicyclic) bond motifs is 3. The van der Waals surface area contributed by atoms with E-state index in [1.807, 2.05) is 6.92 Å². The third-order valence-electron chi connectivity index (χ3n) is 6.95. The summed E-state index contributed by atoms with van der Waals surface area (Å²) in [5, 5.41) is 0.709. The maximum atomic E-state index is 14.1. The number of hydrogen-bond donors (Lipinski definition) is 2. The fourth-order valence-electron chi connectivity index (χ4n) is 4.47. The molecule has 0 aliphatic heterocycles. The zero-order chi connectivity index (χ0) is 29.6. The van der Waals surface area contributed by atoms with Gasteiger partial charge in [0.25, 0.3) is 5.56 Å². The van der Waals surface area contributed by atoms with Crippen molar-refractivity contribution < 1.29 is 27.5 Å². The van der Waals surface area contributed by atoms with Crippen LogP contribution in [0.4, 0.5) is 4.79 Å². The maximum absolute atomic E-state index is 14.1. The molecule has 1 aromatic carbocycles. The van der Waals surface area contributed by atoms with Gasteiger partial charge in [0.1, 0.15) is 11.1 Å². The topological polar surface area (TPSA) is 142 Å². The number of aromatic amines is 2. The number of benzene rings is 1. The predicted octanol–water partition coefficient (Wildman–Crippen LogP) is 4.37. The number of likely N-dealkylation sites (N-methyl/N-ethyl adjacent to an activating group) is 1. The molecule has 1 saturated carbocycles. The molecule has 0 radical (unpaired) electrons. The molecule has 2 N–H and O–H groups in total. The van der Waals surface area contributed by atoms with Crippen molar-refractivity contribution in [3.8, 4) is 0 Å². The molecule has 3 aromatic rings. The Kier molecular flexibility index (Phi) is 7.81. The number of rotatable bonds is 9. The molecule has 0 atom stereocenters. The number of sulfonamides is 1. The van der Waals surface area contributed by atoms with Crippen LogP contribution in [0.2, 0.25) is 0 Å². The summed E-state index contributed by atoms with van der Waals surface area (Å²) in [6, 6.07) is 4.25. The van der Waals surface area contributed by atoms with Crippen LogP contribution in [0.15, 0.2) is 34.1 Å². The Morgan fingerprint density at radius 2 is 1.80 bits per heavy atom. The van der Waals surface area contributed by atoms with E-state index in [1.165, 1.54) is 33.6 Å². The molecule has 40 heavy (non-hydrogen) atoms. The summed E-state index contributed by atoms with van der Waals surface area (Å²) in [4.78, 5) is 45.3. The van der Waals surface area contributed by atoms with E-state index in [1.54, 1.807) is 41.7 Å². The van der Waals surface area contributed by atoms with Crippen LogP contribution >= 0.6 is 0 Å². The SMILES string of the molecule is CCCOC(=O)c1c[nH]c2c(=O)[nH]c3ccc(S(=O)(=O)N(CC(C)(C)N(C)C(=O)OC(C)(C)C)C4CC4)cc3c12. The van der Waals surface area contributed by atoms with Crippen molar-refractivity contribution in [1.29, 1.82) is 0 Å². The molecule has 218 valence electrons. The van der Waals surface area contributed by atoms with Crippen molar-refractivity contribution in [1.82, 2.24) is 19.2 Å². The first-order valence-electron chi connectivity index (χ1n) is 13.4. The largest absolute Gasteiger partial charge is 0.462 e. The lowest BCUT2D eigenvalue weighted by Gasteiger charge is -2.39. The Balaban J connectivity index is 1.75. The molecular formula is C28H38N4O7S. The molecule has 4 rings (SSSR count). The van der Waals surface area contributed by atoms with E-state index >= 15 is 0 Å². The second kappa shape index (κ2) is 10.5. The van der Waals surface area contributed by atoms with Crippen LogP contribution in [0, 0.1) is 0 Å². The van der Waals surface area contributed by atoms with Gasteiger partial charge in [-0.15, -0.1) is 0 Å². The van der Waals surface area contributed by atoms with Crippen LogP contribution in [0.5, 0.6) is 0 Å². The summed E-state index contributed by atoms with van der Waals surface area (Å²) in [7, 11) is -2.43. The van der Waals surface area contributed by atoms with Gasteiger partial charge in [-0.3, -0.25) is 4.79 Å². The number of carbonyl (C=O) groups is 2.